The lowest BCUT2D eigenvalue weighted by atomic mass is 9.89. The van der Waals surface area contributed by atoms with Crippen LogP contribution in [0.4, 0.5) is 0 Å². The van der Waals surface area contributed by atoms with Gasteiger partial charge in [0, 0.05) is 39.6 Å². The Morgan fingerprint density at radius 2 is 2.26 bits per heavy atom. The second kappa shape index (κ2) is 6.25. The van der Waals surface area contributed by atoms with E-state index >= 15 is 0 Å². The van der Waals surface area contributed by atoms with Crippen LogP contribution in [0.2, 0.25) is 0 Å². The Morgan fingerprint density at radius 3 is 3.04 bits per heavy atom. The highest BCUT2D eigenvalue weighted by Gasteiger charge is 2.35. The summed E-state index contributed by atoms with van der Waals surface area (Å²) < 4.78 is 2.01. The molecule has 3 heterocycles. The van der Waals surface area contributed by atoms with Crippen molar-refractivity contribution in [3.05, 3.63) is 30.5 Å². The molecule has 1 aliphatic rings. The number of carbonyl (C=O) groups excluding carboxylic acids is 1. The third-order valence-electron chi connectivity index (χ3n) is 4.39. The number of amides is 1. The lowest BCUT2D eigenvalue weighted by Crippen LogP contribution is -2.50. The minimum atomic E-state index is -0.943. The van der Waals surface area contributed by atoms with Crippen molar-refractivity contribution < 1.29 is 9.90 Å². The fourth-order valence-corrected chi connectivity index (χ4v) is 3.17. The first-order valence-corrected chi connectivity index (χ1v) is 7.88. The molecule has 124 valence electrons. The fraction of sp³-hybridized carbons (Fsp3) is 0.562. The van der Waals surface area contributed by atoms with E-state index in [1.54, 1.807) is 26.5 Å². The van der Waals surface area contributed by atoms with Crippen LogP contribution in [0.1, 0.15) is 25.0 Å². The van der Waals surface area contributed by atoms with Crippen molar-refractivity contribution in [1.29, 1.82) is 0 Å². The van der Waals surface area contributed by atoms with Crippen molar-refractivity contribution in [2.24, 2.45) is 0 Å². The van der Waals surface area contributed by atoms with Crippen molar-refractivity contribution in [1.82, 2.24) is 24.2 Å². The van der Waals surface area contributed by atoms with Gasteiger partial charge >= 0.3 is 0 Å². The average Bonchev–Trinajstić information content (AvgIpc) is 2.90. The molecule has 0 aliphatic carbocycles. The van der Waals surface area contributed by atoms with Gasteiger partial charge in [0.25, 0.3) is 0 Å². The van der Waals surface area contributed by atoms with Gasteiger partial charge in [0.1, 0.15) is 0 Å². The topological polar surface area (TPSA) is 74.0 Å². The smallest absolute Gasteiger partial charge is 0.224 e. The predicted molar refractivity (Wildman–Crippen MR) is 85.8 cm³/mol. The standard InChI is InChI=1S/C16H23N5O2/c1-19(2)15(22)8-16(23)4-3-6-20(12-16)11-13-9-18-14-10-17-5-7-21(13)14/h5,7,9-10,23H,3-4,6,8,11-12H2,1-2H3. The molecule has 23 heavy (non-hydrogen) atoms. The summed E-state index contributed by atoms with van der Waals surface area (Å²) in [5, 5.41) is 10.8. The molecule has 7 heteroatoms. The molecule has 2 aromatic heterocycles. The van der Waals surface area contributed by atoms with Crippen molar-refractivity contribution in [3.63, 3.8) is 0 Å². The van der Waals surface area contributed by atoms with E-state index in [1.807, 2.05) is 16.8 Å². The number of hydrogen-bond acceptors (Lipinski definition) is 5. The molecular formula is C16H23N5O2. The van der Waals surface area contributed by atoms with Crippen LogP contribution in [-0.4, -0.2) is 68.0 Å². The summed E-state index contributed by atoms with van der Waals surface area (Å²) in [4.78, 5) is 24.1. The molecular weight excluding hydrogens is 294 g/mol. The first kappa shape index (κ1) is 15.9. The summed E-state index contributed by atoms with van der Waals surface area (Å²) in [5.41, 5.74) is 0.935. The van der Waals surface area contributed by atoms with Gasteiger partial charge in [0.15, 0.2) is 5.65 Å². The monoisotopic (exact) mass is 317 g/mol. The van der Waals surface area contributed by atoms with Gasteiger partial charge in [-0.2, -0.15) is 0 Å². The number of fused-ring (bicyclic) bond motifs is 1. The maximum atomic E-state index is 11.9. The second-order valence-electron chi connectivity index (χ2n) is 6.56. The summed E-state index contributed by atoms with van der Waals surface area (Å²) >= 11 is 0. The van der Waals surface area contributed by atoms with Crippen LogP contribution in [-0.2, 0) is 11.3 Å². The minimum Gasteiger partial charge on any atom is -0.388 e. The highest BCUT2D eigenvalue weighted by Crippen LogP contribution is 2.26. The number of hydrogen-bond donors (Lipinski definition) is 1. The molecule has 1 saturated heterocycles. The van der Waals surface area contributed by atoms with Gasteiger partial charge in [-0.3, -0.25) is 19.1 Å². The molecule has 0 radical (unpaired) electrons. The lowest BCUT2D eigenvalue weighted by Gasteiger charge is -2.39. The van der Waals surface area contributed by atoms with Crippen molar-refractivity contribution in [2.45, 2.75) is 31.4 Å². The summed E-state index contributed by atoms with van der Waals surface area (Å²) in [6.45, 7) is 2.12. The first-order valence-electron chi connectivity index (χ1n) is 7.88. The maximum Gasteiger partial charge on any atom is 0.224 e. The number of aliphatic hydroxyl groups is 1. The summed E-state index contributed by atoms with van der Waals surface area (Å²) in [6, 6.07) is 0. The number of β-amino-alcohol motifs (C(OH)–C–C–N with tert-alkyl or cyclic N) is 1. The number of rotatable bonds is 4. The summed E-state index contributed by atoms with van der Waals surface area (Å²) in [7, 11) is 3.44. The molecule has 7 nitrogen and oxygen atoms in total. The molecule has 0 saturated carbocycles. The molecule has 2 aromatic rings. The third-order valence-corrected chi connectivity index (χ3v) is 4.39. The Morgan fingerprint density at radius 1 is 1.43 bits per heavy atom. The molecule has 1 unspecified atom stereocenters. The number of nitrogens with zero attached hydrogens (tertiary/aromatic N) is 5. The van der Waals surface area contributed by atoms with E-state index < -0.39 is 5.60 Å². The Kier molecular flexibility index (Phi) is 4.32. The van der Waals surface area contributed by atoms with Gasteiger partial charge in [-0.15, -0.1) is 0 Å². The quantitative estimate of drug-likeness (QED) is 0.891. The van der Waals surface area contributed by atoms with Crippen LogP contribution >= 0.6 is 0 Å². The van der Waals surface area contributed by atoms with Gasteiger partial charge in [0.2, 0.25) is 5.91 Å². The molecule has 1 aliphatic heterocycles. The first-order chi connectivity index (χ1) is 11.0. The van der Waals surface area contributed by atoms with Crippen molar-refractivity contribution in [3.8, 4) is 0 Å². The lowest BCUT2D eigenvalue weighted by molar-refractivity contribution is -0.136. The van der Waals surface area contributed by atoms with Gasteiger partial charge in [0.05, 0.1) is 30.1 Å². The SMILES string of the molecule is CN(C)C(=O)CC1(O)CCCN(Cc2cnc3cnccn23)C1. The summed E-state index contributed by atoms with van der Waals surface area (Å²) in [6.07, 6.45) is 8.93. The van der Waals surface area contributed by atoms with Crippen LogP contribution in [0.5, 0.6) is 0 Å². The van der Waals surface area contributed by atoms with Gasteiger partial charge < -0.3 is 10.0 Å². The number of carbonyl (C=O) groups is 1. The maximum absolute atomic E-state index is 11.9. The zero-order valence-corrected chi connectivity index (χ0v) is 13.6. The Hall–Kier alpha value is -1.99. The molecule has 0 bridgehead atoms. The molecule has 1 N–H and O–H groups in total. The fourth-order valence-electron chi connectivity index (χ4n) is 3.17. The molecule has 0 spiro atoms. The Balaban J connectivity index is 1.70. The van der Waals surface area contributed by atoms with Crippen LogP contribution in [0, 0.1) is 0 Å². The third kappa shape index (κ3) is 3.51. The predicted octanol–water partition coefficient (Wildman–Crippen LogP) is 0.534. The van der Waals surface area contributed by atoms with E-state index in [-0.39, 0.29) is 12.3 Å². The highest BCUT2D eigenvalue weighted by molar-refractivity contribution is 5.76. The van der Waals surface area contributed by atoms with Crippen molar-refractivity contribution >= 4 is 11.6 Å². The van der Waals surface area contributed by atoms with E-state index in [1.165, 1.54) is 4.90 Å². The van der Waals surface area contributed by atoms with E-state index in [4.69, 9.17) is 0 Å². The number of aromatic nitrogens is 3. The van der Waals surface area contributed by atoms with Gasteiger partial charge in [-0.25, -0.2) is 4.98 Å². The zero-order valence-electron chi connectivity index (χ0n) is 13.6. The highest BCUT2D eigenvalue weighted by atomic mass is 16.3. The van der Waals surface area contributed by atoms with Crippen LogP contribution in [0.15, 0.2) is 24.8 Å². The minimum absolute atomic E-state index is 0.0322. The van der Waals surface area contributed by atoms with E-state index in [0.717, 1.165) is 24.3 Å². The van der Waals surface area contributed by atoms with E-state index in [9.17, 15) is 9.90 Å². The van der Waals surface area contributed by atoms with E-state index in [2.05, 4.69) is 14.9 Å². The molecule has 1 atom stereocenters. The largest absolute Gasteiger partial charge is 0.388 e. The number of imidazole rings is 1. The second-order valence-corrected chi connectivity index (χ2v) is 6.56. The Bertz CT molecular complexity index is 699. The zero-order chi connectivity index (χ0) is 16.4. The number of likely N-dealkylation sites (tertiary alicyclic amines) is 1. The Labute approximate surface area is 135 Å². The normalized spacial score (nSPS) is 22.4. The van der Waals surface area contributed by atoms with Crippen LogP contribution in [0.3, 0.4) is 0 Å². The van der Waals surface area contributed by atoms with Crippen LogP contribution in [0.25, 0.3) is 5.65 Å². The van der Waals surface area contributed by atoms with Gasteiger partial charge in [-0.05, 0) is 19.4 Å². The molecule has 0 aromatic carbocycles. The average molecular weight is 317 g/mol. The van der Waals surface area contributed by atoms with Gasteiger partial charge in [-0.1, -0.05) is 0 Å². The molecule has 3 rings (SSSR count). The van der Waals surface area contributed by atoms with Crippen LogP contribution < -0.4 is 0 Å². The van der Waals surface area contributed by atoms with Crippen molar-refractivity contribution in [2.75, 3.05) is 27.2 Å². The summed E-state index contributed by atoms with van der Waals surface area (Å²) in [5.74, 6) is -0.0322. The molecule has 1 amide bonds. The van der Waals surface area contributed by atoms with E-state index in [0.29, 0.717) is 19.5 Å². The number of piperidine rings is 1. The molecule has 1 fully saturated rings.